The zero-order valence-corrected chi connectivity index (χ0v) is 7.24. The van der Waals surface area contributed by atoms with Gasteiger partial charge in [-0.2, -0.15) is 5.26 Å². The van der Waals surface area contributed by atoms with Gasteiger partial charge in [0.25, 0.3) is 6.43 Å². The molecule has 0 spiro atoms. The molecule has 0 amide bonds. The minimum atomic E-state index is -2.90. The molecule has 1 rings (SSSR count). The van der Waals surface area contributed by atoms with Crippen LogP contribution in [0.4, 0.5) is 8.78 Å². The van der Waals surface area contributed by atoms with Gasteiger partial charge in [-0.25, -0.2) is 13.6 Å². The van der Waals surface area contributed by atoms with Crippen LogP contribution in [0.5, 0.6) is 5.75 Å². The minimum absolute atomic E-state index is 0.521. The third-order valence-corrected chi connectivity index (χ3v) is 1.73. The number of aromatic hydroxyl groups is 1. The maximum absolute atomic E-state index is 12.2. The predicted octanol–water partition coefficient (Wildman–Crippen LogP) is 1.90. The Morgan fingerprint density at radius 2 is 2.07 bits per heavy atom. The summed E-state index contributed by atoms with van der Waals surface area (Å²) in [5.41, 5.74) is -1.79. The third kappa shape index (κ3) is 2.02. The summed E-state index contributed by atoms with van der Waals surface area (Å²) in [6.45, 7) is 0. The molecule has 4 nitrogen and oxygen atoms in total. The maximum atomic E-state index is 12.2. The number of alkyl halides is 2. The van der Waals surface area contributed by atoms with Crippen LogP contribution in [0.25, 0.3) is 0 Å². The molecule has 1 aromatic rings. The molecule has 2 N–H and O–H groups in total. The Kier molecular flexibility index (Phi) is 2.85. The highest BCUT2D eigenvalue weighted by molar-refractivity contribution is 5.91. The molecular formula is C9H5F2NO3. The van der Waals surface area contributed by atoms with Crippen molar-refractivity contribution in [3.05, 3.63) is 28.8 Å². The number of phenols is 1. The first-order chi connectivity index (χ1) is 6.97. The van der Waals surface area contributed by atoms with Crippen LogP contribution >= 0.6 is 0 Å². The highest BCUT2D eigenvalue weighted by atomic mass is 19.3. The van der Waals surface area contributed by atoms with Crippen molar-refractivity contribution in [3.8, 4) is 11.8 Å². The Morgan fingerprint density at radius 3 is 2.47 bits per heavy atom. The monoisotopic (exact) mass is 213 g/mol. The number of hydrogen-bond acceptors (Lipinski definition) is 3. The molecule has 0 radical (unpaired) electrons. The second-order valence-corrected chi connectivity index (χ2v) is 2.68. The quantitative estimate of drug-likeness (QED) is 0.785. The molecule has 0 aliphatic carbocycles. The summed E-state index contributed by atoms with van der Waals surface area (Å²) in [4.78, 5) is 10.6. The van der Waals surface area contributed by atoms with E-state index in [0.29, 0.717) is 12.1 Å². The summed E-state index contributed by atoms with van der Waals surface area (Å²) in [5.74, 6) is -2.29. The van der Waals surface area contributed by atoms with Crippen molar-refractivity contribution >= 4 is 5.97 Å². The van der Waals surface area contributed by atoms with E-state index in [-0.39, 0.29) is 0 Å². The molecule has 6 heteroatoms. The number of rotatable bonds is 2. The molecule has 0 aliphatic heterocycles. The lowest BCUT2D eigenvalue weighted by atomic mass is 10.0. The van der Waals surface area contributed by atoms with Gasteiger partial charge in [0, 0.05) is 5.56 Å². The number of carboxylic acids is 1. The number of halogens is 2. The van der Waals surface area contributed by atoms with Crippen molar-refractivity contribution in [2.75, 3.05) is 0 Å². The average Bonchev–Trinajstić information content (AvgIpc) is 2.16. The first-order valence-electron chi connectivity index (χ1n) is 3.75. The van der Waals surface area contributed by atoms with E-state index in [9.17, 15) is 13.6 Å². The number of nitrogens with zero attached hydrogens (tertiary/aromatic N) is 1. The van der Waals surface area contributed by atoms with Gasteiger partial charge >= 0.3 is 5.97 Å². The van der Waals surface area contributed by atoms with E-state index in [4.69, 9.17) is 15.5 Å². The summed E-state index contributed by atoms with van der Waals surface area (Å²) in [6.07, 6.45) is -2.90. The lowest BCUT2D eigenvalue weighted by Gasteiger charge is -2.05. The average molecular weight is 213 g/mol. The molecule has 1 aromatic carbocycles. The van der Waals surface area contributed by atoms with E-state index in [1.807, 2.05) is 0 Å². The van der Waals surface area contributed by atoms with Crippen LogP contribution in [0.3, 0.4) is 0 Å². The van der Waals surface area contributed by atoms with Gasteiger partial charge in [0.2, 0.25) is 0 Å². The van der Waals surface area contributed by atoms with Crippen molar-refractivity contribution in [3.63, 3.8) is 0 Å². The van der Waals surface area contributed by atoms with Crippen molar-refractivity contribution in [2.45, 2.75) is 6.43 Å². The molecule has 0 saturated carbocycles. The second kappa shape index (κ2) is 3.92. The fourth-order valence-electron chi connectivity index (χ4n) is 1.06. The zero-order valence-electron chi connectivity index (χ0n) is 7.24. The highest BCUT2D eigenvalue weighted by Gasteiger charge is 2.19. The van der Waals surface area contributed by atoms with Gasteiger partial charge in [0.15, 0.2) is 0 Å². The molecule has 0 bridgehead atoms. The number of hydrogen-bond donors (Lipinski definition) is 2. The molecule has 78 valence electrons. The Hall–Kier alpha value is -2.16. The third-order valence-electron chi connectivity index (χ3n) is 1.73. The van der Waals surface area contributed by atoms with Gasteiger partial charge in [0.05, 0.1) is 5.56 Å². The minimum Gasteiger partial charge on any atom is -0.507 e. The van der Waals surface area contributed by atoms with Crippen molar-refractivity contribution in [1.29, 1.82) is 5.26 Å². The van der Waals surface area contributed by atoms with Gasteiger partial charge in [-0.05, 0) is 12.1 Å². The molecule has 0 unspecified atom stereocenters. The molecule has 0 aliphatic rings. The smallest absolute Gasteiger partial charge is 0.337 e. The Bertz CT molecular complexity index is 451. The molecule has 0 atom stereocenters. The molecule has 0 heterocycles. The summed E-state index contributed by atoms with van der Waals surface area (Å²) >= 11 is 0. The van der Waals surface area contributed by atoms with Crippen molar-refractivity contribution < 1.29 is 23.8 Å². The van der Waals surface area contributed by atoms with Crippen LogP contribution < -0.4 is 0 Å². The topological polar surface area (TPSA) is 81.3 Å². The van der Waals surface area contributed by atoms with Crippen molar-refractivity contribution in [2.24, 2.45) is 0 Å². The van der Waals surface area contributed by atoms with Crippen LogP contribution in [0, 0.1) is 11.3 Å². The lowest BCUT2D eigenvalue weighted by molar-refractivity contribution is 0.0695. The fourth-order valence-corrected chi connectivity index (χ4v) is 1.06. The Balaban J connectivity index is 3.47. The van der Waals surface area contributed by atoms with Gasteiger partial charge in [0.1, 0.15) is 17.4 Å². The van der Waals surface area contributed by atoms with Gasteiger partial charge in [-0.1, -0.05) is 0 Å². The highest BCUT2D eigenvalue weighted by Crippen LogP contribution is 2.28. The van der Waals surface area contributed by atoms with Crippen molar-refractivity contribution in [1.82, 2.24) is 0 Å². The maximum Gasteiger partial charge on any atom is 0.337 e. The second-order valence-electron chi connectivity index (χ2n) is 2.68. The zero-order chi connectivity index (χ0) is 11.6. The number of phenolic OH excluding ortho intramolecular Hbond substituents is 1. The van der Waals surface area contributed by atoms with E-state index in [1.54, 1.807) is 0 Å². The summed E-state index contributed by atoms with van der Waals surface area (Å²) < 4.78 is 24.5. The van der Waals surface area contributed by atoms with Crippen LogP contribution in [0.2, 0.25) is 0 Å². The number of nitriles is 1. The van der Waals surface area contributed by atoms with E-state index in [0.717, 1.165) is 0 Å². The normalized spacial score (nSPS) is 10.0. The van der Waals surface area contributed by atoms with Crippen LogP contribution in [0.15, 0.2) is 12.1 Å². The first-order valence-corrected chi connectivity index (χ1v) is 3.75. The summed E-state index contributed by atoms with van der Waals surface area (Å²) in [5, 5.41) is 26.3. The van der Waals surface area contributed by atoms with Crippen LogP contribution in [-0.4, -0.2) is 16.2 Å². The van der Waals surface area contributed by atoms with E-state index >= 15 is 0 Å². The van der Waals surface area contributed by atoms with Gasteiger partial charge in [-0.3, -0.25) is 0 Å². The lowest BCUT2D eigenvalue weighted by Crippen LogP contribution is -2.02. The predicted molar refractivity (Wildman–Crippen MR) is 44.7 cm³/mol. The largest absolute Gasteiger partial charge is 0.507 e. The van der Waals surface area contributed by atoms with E-state index < -0.39 is 34.8 Å². The molecule has 15 heavy (non-hydrogen) atoms. The number of carboxylic acid groups (broad SMARTS) is 1. The summed E-state index contributed by atoms with van der Waals surface area (Å²) in [6, 6.07) is 2.78. The molecular weight excluding hydrogens is 208 g/mol. The molecule has 0 aromatic heterocycles. The molecule has 0 saturated heterocycles. The number of aromatic carboxylic acids is 1. The van der Waals surface area contributed by atoms with E-state index in [2.05, 4.69) is 0 Å². The standard InChI is InChI=1S/C9H5F2NO3/c10-8(11)4-1-5(9(14)15)6(3-12)7(13)2-4/h1-2,8,13H,(H,14,15). The number of benzene rings is 1. The van der Waals surface area contributed by atoms with Gasteiger partial charge in [-0.15, -0.1) is 0 Å². The van der Waals surface area contributed by atoms with Crippen LogP contribution in [-0.2, 0) is 0 Å². The Labute approximate surface area is 83.0 Å². The Morgan fingerprint density at radius 1 is 1.47 bits per heavy atom. The van der Waals surface area contributed by atoms with E-state index in [1.165, 1.54) is 6.07 Å². The van der Waals surface area contributed by atoms with Gasteiger partial charge < -0.3 is 10.2 Å². The molecule has 0 fully saturated rings. The fraction of sp³-hybridized carbons (Fsp3) is 0.111. The number of carbonyl (C=O) groups is 1. The first kappa shape index (κ1) is 10.9. The SMILES string of the molecule is N#Cc1c(O)cc(C(F)F)cc1C(=O)O. The van der Waals surface area contributed by atoms with Crippen LogP contribution in [0.1, 0.15) is 27.9 Å². The summed E-state index contributed by atoms with van der Waals surface area (Å²) in [7, 11) is 0.